The molecule has 1 N–H and O–H groups in total. The van der Waals surface area contributed by atoms with Gasteiger partial charge in [-0.1, -0.05) is 23.7 Å². The lowest BCUT2D eigenvalue weighted by Crippen LogP contribution is -2.38. The molecule has 0 atom stereocenters. The summed E-state index contributed by atoms with van der Waals surface area (Å²) >= 11 is 5.93. The largest absolute Gasteiger partial charge is 0.450 e. The Morgan fingerprint density at radius 2 is 2.10 bits per heavy atom. The Balaban J connectivity index is 2.40. The van der Waals surface area contributed by atoms with Gasteiger partial charge in [0.25, 0.3) is 0 Å². The molecule has 0 aliphatic heterocycles. The highest BCUT2D eigenvalue weighted by Crippen LogP contribution is 2.11. The van der Waals surface area contributed by atoms with E-state index in [0.29, 0.717) is 31.3 Å². The molecule has 2 amide bonds. The standard InChI is InChI=1S/C15H21ClN2O3/c1-3-21-15(20)17-8-10-18(12(2)19)9-7-13-5-4-6-14(16)11-13/h4-6,11H,3,7-10H2,1-2H3,(H,17,20). The zero-order chi connectivity index (χ0) is 15.7. The third-order valence-corrected chi connectivity index (χ3v) is 3.17. The van der Waals surface area contributed by atoms with Crippen LogP contribution in [0.5, 0.6) is 0 Å². The molecular weight excluding hydrogens is 292 g/mol. The summed E-state index contributed by atoms with van der Waals surface area (Å²) in [6.07, 6.45) is 0.260. The van der Waals surface area contributed by atoms with Gasteiger partial charge in [-0.15, -0.1) is 0 Å². The number of rotatable bonds is 7. The first-order valence-electron chi connectivity index (χ1n) is 6.93. The van der Waals surface area contributed by atoms with Crippen molar-refractivity contribution in [1.82, 2.24) is 10.2 Å². The van der Waals surface area contributed by atoms with Gasteiger partial charge in [-0.2, -0.15) is 0 Å². The predicted molar refractivity (Wildman–Crippen MR) is 82.4 cm³/mol. The fourth-order valence-electron chi connectivity index (χ4n) is 1.86. The lowest BCUT2D eigenvalue weighted by Gasteiger charge is -2.21. The van der Waals surface area contributed by atoms with Gasteiger partial charge in [0.15, 0.2) is 0 Å². The van der Waals surface area contributed by atoms with Gasteiger partial charge in [0.1, 0.15) is 0 Å². The predicted octanol–water partition coefficient (Wildman–Crippen LogP) is 2.48. The zero-order valence-corrected chi connectivity index (χ0v) is 13.2. The molecule has 0 saturated carbocycles. The number of benzene rings is 1. The van der Waals surface area contributed by atoms with Crippen molar-refractivity contribution in [3.8, 4) is 0 Å². The fourth-order valence-corrected chi connectivity index (χ4v) is 2.07. The molecule has 1 aromatic rings. The molecule has 0 fully saturated rings. The highest BCUT2D eigenvalue weighted by molar-refractivity contribution is 6.30. The third kappa shape index (κ3) is 6.99. The maximum Gasteiger partial charge on any atom is 0.407 e. The Labute approximate surface area is 130 Å². The van der Waals surface area contributed by atoms with Gasteiger partial charge < -0.3 is 15.0 Å². The van der Waals surface area contributed by atoms with Gasteiger partial charge in [-0.25, -0.2) is 4.79 Å². The molecule has 0 aliphatic carbocycles. The quantitative estimate of drug-likeness (QED) is 0.841. The van der Waals surface area contributed by atoms with Crippen molar-refractivity contribution in [1.29, 1.82) is 0 Å². The Bertz CT molecular complexity index is 480. The van der Waals surface area contributed by atoms with Crippen LogP contribution in [0.2, 0.25) is 5.02 Å². The summed E-state index contributed by atoms with van der Waals surface area (Å²) in [5, 5.41) is 3.29. The normalized spacial score (nSPS) is 10.0. The molecule has 0 spiro atoms. The first-order chi connectivity index (χ1) is 10.0. The molecule has 0 heterocycles. The minimum atomic E-state index is -0.462. The number of alkyl carbamates (subject to hydrolysis) is 1. The fraction of sp³-hybridized carbons (Fsp3) is 0.467. The molecule has 0 bridgehead atoms. The molecule has 0 aliphatic rings. The Morgan fingerprint density at radius 3 is 2.71 bits per heavy atom. The van der Waals surface area contributed by atoms with Crippen molar-refractivity contribution in [2.24, 2.45) is 0 Å². The Hall–Kier alpha value is -1.75. The van der Waals surface area contributed by atoms with Gasteiger partial charge >= 0.3 is 6.09 Å². The van der Waals surface area contributed by atoms with Crippen LogP contribution in [-0.2, 0) is 16.0 Å². The number of amides is 2. The maximum absolute atomic E-state index is 11.6. The van der Waals surface area contributed by atoms with Crippen LogP contribution in [0.1, 0.15) is 19.4 Å². The van der Waals surface area contributed by atoms with Crippen molar-refractivity contribution < 1.29 is 14.3 Å². The van der Waals surface area contributed by atoms with Gasteiger partial charge in [-0.3, -0.25) is 4.79 Å². The van der Waals surface area contributed by atoms with Crippen LogP contribution in [-0.4, -0.2) is 43.1 Å². The van der Waals surface area contributed by atoms with E-state index < -0.39 is 6.09 Å². The van der Waals surface area contributed by atoms with Crippen LogP contribution in [0.25, 0.3) is 0 Å². The average Bonchev–Trinajstić information content (AvgIpc) is 2.42. The SMILES string of the molecule is CCOC(=O)NCCN(CCc1cccc(Cl)c1)C(C)=O. The van der Waals surface area contributed by atoms with Gasteiger partial charge in [0.2, 0.25) is 5.91 Å². The highest BCUT2D eigenvalue weighted by Gasteiger charge is 2.09. The second kappa shape index (κ2) is 9.23. The molecule has 1 rings (SSSR count). The number of ether oxygens (including phenoxy) is 1. The van der Waals surface area contributed by atoms with E-state index in [1.807, 2.05) is 24.3 Å². The van der Waals surface area contributed by atoms with Gasteiger partial charge in [-0.05, 0) is 31.0 Å². The number of carbonyl (C=O) groups is 2. The van der Waals surface area contributed by atoms with Crippen LogP contribution in [0.4, 0.5) is 4.79 Å². The number of nitrogens with one attached hydrogen (secondary N) is 1. The number of hydrogen-bond acceptors (Lipinski definition) is 3. The van der Waals surface area contributed by atoms with Crippen LogP contribution >= 0.6 is 11.6 Å². The van der Waals surface area contributed by atoms with Gasteiger partial charge in [0.05, 0.1) is 6.61 Å². The molecule has 0 saturated heterocycles. The van der Waals surface area contributed by atoms with Crippen molar-refractivity contribution in [2.45, 2.75) is 20.3 Å². The molecule has 0 radical (unpaired) electrons. The van der Waals surface area contributed by atoms with Gasteiger partial charge in [0, 0.05) is 31.6 Å². The van der Waals surface area contributed by atoms with E-state index in [9.17, 15) is 9.59 Å². The summed E-state index contributed by atoms with van der Waals surface area (Å²) in [6, 6.07) is 7.56. The molecule has 21 heavy (non-hydrogen) atoms. The summed E-state index contributed by atoms with van der Waals surface area (Å²) in [6.45, 7) is 4.99. The topological polar surface area (TPSA) is 58.6 Å². The van der Waals surface area contributed by atoms with Crippen LogP contribution in [0.3, 0.4) is 0 Å². The van der Waals surface area contributed by atoms with Crippen LogP contribution in [0.15, 0.2) is 24.3 Å². The minimum Gasteiger partial charge on any atom is -0.450 e. The molecule has 0 unspecified atom stereocenters. The first-order valence-corrected chi connectivity index (χ1v) is 7.31. The van der Waals surface area contributed by atoms with E-state index in [-0.39, 0.29) is 5.91 Å². The second-order valence-corrected chi connectivity index (χ2v) is 4.97. The van der Waals surface area contributed by atoms with E-state index in [1.165, 1.54) is 6.92 Å². The maximum atomic E-state index is 11.6. The first kappa shape index (κ1) is 17.3. The van der Waals surface area contributed by atoms with E-state index in [2.05, 4.69) is 5.32 Å². The van der Waals surface area contributed by atoms with Crippen LogP contribution < -0.4 is 5.32 Å². The summed E-state index contributed by atoms with van der Waals surface area (Å²) < 4.78 is 4.76. The number of carbonyl (C=O) groups excluding carboxylic acids is 2. The Kier molecular flexibility index (Phi) is 7.61. The number of hydrogen-bond donors (Lipinski definition) is 1. The van der Waals surface area contributed by atoms with Crippen molar-refractivity contribution in [3.05, 3.63) is 34.9 Å². The lowest BCUT2D eigenvalue weighted by atomic mass is 10.1. The van der Waals surface area contributed by atoms with E-state index in [0.717, 1.165) is 12.0 Å². The third-order valence-electron chi connectivity index (χ3n) is 2.93. The minimum absolute atomic E-state index is 0.0253. The zero-order valence-electron chi connectivity index (χ0n) is 12.4. The van der Waals surface area contributed by atoms with E-state index in [1.54, 1.807) is 11.8 Å². The van der Waals surface area contributed by atoms with E-state index >= 15 is 0 Å². The molecule has 5 nitrogen and oxygen atoms in total. The summed E-state index contributed by atoms with van der Waals surface area (Å²) in [5.74, 6) is -0.0253. The monoisotopic (exact) mass is 312 g/mol. The average molecular weight is 313 g/mol. The molecule has 1 aromatic carbocycles. The lowest BCUT2D eigenvalue weighted by molar-refractivity contribution is -0.128. The Morgan fingerprint density at radius 1 is 1.33 bits per heavy atom. The molecule has 0 aromatic heterocycles. The van der Waals surface area contributed by atoms with Crippen molar-refractivity contribution in [3.63, 3.8) is 0 Å². The smallest absolute Gasteiger partial charge is 0.407 e. The van der Waals surface area contributed by atoms with Crippen LogP contribution in [0, 0.1) is 0 Å². The molecular formula is C15H21ClN2O3. The number of halogens is 1. The summed E-state index contributed by atoms with van der Waals surface area (Å²) in [7, 11) is 0. The summed E-state index contributed by atoms with van der Waals surface area (Å²) in [5.41, 5.74) is 1.08. The van der Waals surface area contributed by atoms with Crippen molar-refractivity contribution in [2.75, 3.05) is 26.2 Å². The van der Waals surface area contributed by atoms with E-state index in [4.69, 9.17) is 16.3 Å². The molecule has 6 heteroatoms. The highest BCUT2D eigenvalue weighted by atomic mass is 35.5. The molecule has 116 valence electrons. The van der Waals surface area contributed by atoms with Crippen molar-refractivity contribution >= 4 is 23.6 Å². The second-order valence-electron chi connectivity index (χ2n) is 4.53. The summed E-state index contributed by atoms with van der Waals surface area (Å²) in [4.78, 5) is 24.4. The number of nitrogens with zero attached hydrogens (tertiary/aromatic N) is 1.